The number of rotatable bonds is 7. The number of oxime groups is 1. The highest BCUT2D eigenvalue weighted by atomic mass is 35.5. The summed E-state index contributed by atoms with van der Waals surface area (Å²) in [6.07, 6.45) is 2.97. The Labute approximate surface area is 205 Å². The molecule has 35 heavy (non-hydrogen) atoms. The second kappa shape index (κ2) is 9.31. The van der Waals surface area contributed by atoms with Crippen LogP contribution in [0.15, 0.2) is 52.5 Å². The monoisotopic (exact) mass is 498 g/mol. The summed E-state index contributed by atoms with van der Waals surface area (Å²) >= 11 is 6.74. The summed E-state index contributed by atoms with van der Waals surface area (Å²) in [6.45, 7) is 1.24. The molecule has 2 aromatic carbocycles. The second-order valence-electron chi connectivity index (χ2n) is 8.89. The molecule has 1 aliphatic carbocycles. The van der Waals surface area contributed by atoms with Crippen LogP contribution >= 0.6 is 11.6 Å². The summed E-state index contributed by atoms with van der Waals surface area (Å²) in [4.78, 5) is 31.7. The molecule has 1 aromatic heterocycles. The average molecular weight is 499 g/mol. The lowest BCUT2D eigenvalue weighted by Gasteiger charge is -2.23. The Morgan fingerprint density at radius 3 is 2.69 bits per heavy atom. The summed E-state index contributed by atoms with van der Waals surface area (Å²) in [5, 5.41) is 13.8. The molecule has 8 nitrogen and oxygen atoms in total. The molecule has 0 spiro atoms. The number of fused-ring (bicyclic) bond motifs is 1. The van der Waals surface area contributed by atoms with Crippen molar-refractivity contribution in [3.63, 3.8) is 0 Å². The van der Waals surface area contributed by atoms with E-state index < -0.39 is 22.8 Å². The fourth-order valence-corrected chi connectivity index (χ4v) is 4.93. The Morgan fingerprint density at radius 1 is 1.29 bits per heavy atom. The number of carboxylic acids is 1. The molecule has 1 aliphatic heterocycles. The number of benzene rings is 2. The first kappa shape index (κ1) is 23.3. The van der Waals surface area contributed by atoms with Crippen molar-refractivity contribution in [1.29, 1.82) is 0 Å². The zero-order valence-electron chi connectivity index (χ0n) is 18.8. The molecule has 0 bridgehead atoms. The van der Waals surface area contributed by atoms with Crippen LogP contribution in [0.4, 0.5) is 10.1 Å². The van der Waals surface area contributed by atoms with Gasteiger partial charge < -0.3 is 25.1 Å². The van der Waals surface area contributed by atoms with Crippen LogP contribution in [0, 0.1) is 11.7 Å². The van der Waals surface area contributed by atoms with E-state index in [1.165, 1.54) is 6.20 Å². The first-order valence-electron chi connectivity index (χ1n) is 11.4. The summed E-state index contributed by atoms with van der Waals surface area (Å²) in [5.41, 5.74) is 6.94. The number of nitrogens with two attached hydrogens (primary N) is 1. The molecule has 1 unspecified atom stereocenters. The quantitative estimate of drug-likeness (QED) is 0.479. The molecule has 0 amide bonds. The van der Waals surface area contributed by atoms with Crippen LogP contribution in [0.5, 0.6) is 0 Å². The van der Waals surface area contributed by atoms with E-state index in [2.05, 4.69) is 5.16 Å². The van der Waals surface area contributed by atoms with Gasteiger partial charge in [-0.05, 0) is 24.5 Å². The van der Waals surface area contributed by atoms with Gasteiger partial charge in [-0.15, -0.1) is 0 Å². The maximum Gasteiger partial charge on any atom is 0.341 e. The summed E-state index contributed by atoms with van der Waals surface area (Å²) < 4.78 is 17.1. The van der Waals surface area contributed by atoms with Gasteiger partial charge in [0.2, 0.25) is 5.43 Å². The first-order valence-corrected chi connectivity index (χ1v) is 11.7. The number of halogens is 2. The van der Waals surface area contributed by atoms with Gasteiger partial charge in [0.25, 0.3) is 0 Å². The molecule has 5 rings (SSSR count). The fourth-order valence-electron chi connectivity index (χ4n) is 4.52. The third-order valence-electron chi connectivity index (χ3n) is 6.48. The zero-order chi connectivity index (χ0) is 24.7. The SMILES string of the molecule is NCC1CN(c2c(F)cc3c(=O)c(C(=O)O)cn(C4CC4)c3c2Cl)CC1=NOCc1ccccc1. The minimum Gasteiger partial charge on any atom is -0.477 e. The van der Waals surface area contributed by atoms with Crippen molar-refractivity contribution in [2.75, 3.05) is 24.5 Å². The highest BCUT2D eigenvalue weighted by Crippen LogP contribution is 2.42. The van der Waals surface area contributed by atoms with Crippen molar-refractivity contribution in [2.45, 2.75) is 25.5 Å². The molecule has 1 saturated heterocycles. The molecule has 10 heteroatoms. The van der Waals surface area contributed by atoms with Crippen LogP contribution in [0.1, 0.15) is 34.8 Å². The Kier molecular flexibility index (Phi) is 6.21. The van der Waals surface area contributed by atoms with Gasteiger partial charge in [-0.25, -0.2) is 9.18 Å². The van der Waals surface area contributed by atoms with Gasteiger partial charge in [0.1, 0.15) is 18.0 Å². The number of carboxylic acid groups (broad SMARTS) is 1. The lowest BCUT2D eigenvalue weighted by atomic mass is 10.1. The van der Waals surface area contributed by atoms with E-state index in [1.54, 1.807) is 9.47 Å². The maximum atomic E-state index is 15.4. The molecule has 2 heterocycles. The summed E-state index contributed by atoms with van der Waals surface area (Å²) in [6, 6.07) is 10.7. The Balaban J connectivity index is 1.51. The van der Waals surface area contributed by atoms with E-state index in [0.717, 1.165) is 24.5 Å². The van der Waals surface area contributed by atoms with Crippen molar-refractivity contribution in [1.82, 2.24) is 4.57 Å². The third kappa shape index (κ3) is 4.37. The topological polar surface area (TPSA) is 110 Å². The molecular formula is C25H24ClFN4O4. The number of carbonyl (C=O) groups is 1. The van der Waals surface area contributed by atoms with Gasteiger partial charge in [-0.3, -0.25) is 4.79 Å². The highest BCUT2D eigenvalue weighted by molar-refractivity contribution is 6.38. The van der Waals surface area contributed by atoms with Crippen molar-refractivity contribution in [3.8, 4) is 0 Å². The van der Waals surface area contributed by atoms with Gasteiger partial charge >= 0.3 is 5.97 Å². The Morgan fingerprint density at radius 2 is 2.03 bits per heavy atom. The summed E-state index contributed by atoms with van der Waals surface area (Å²) in [7, 11) is 0. The van der Waals surface area contributed by atoms with E-state index >= 15 is 4.39 Å². The Hall–Kier alpha value is -3.43. The van der Waals surface area contributed by atoms with E-state index in [-0.39, 0.29) is 34.6 Å². The lowest BCUT2D eigenvalue weighted by Crippen LogP contribution is -2.25. The molecular weight excluding hydrogens is 475 g/mol. The molecule has 1 saturated carbocycles. The molecule has 0 radical (unpaired) electrons. The zero-order valence-corrected chi connectivity index (χ0v) is 19.5. The van der Waals surface area contributed by atoms with Gasteiger partial charge in [0.05, 0.1) is 33.9 Å². The Bertz CT molecular complexity index is 1390. The van der Waals surface area contributed by atoms with Crippen LogP contribution < -0.4 is 16.1 Å². The molecule has 2 aliphatic rings. The van der Waals surface area contributed by atoms with E-state index in [1.807, 2.05) is 30.3 Å². The lowest BCUT2D eigenvalue weighted by molar-refractivity contribution is 0.0695. The third-order valence-corrected chi connectivity index (χ3v) is 6.83. The number of aromatic nitrogens is 1. The predicted molar refractivity (Wildman–Crippen MR) is 132 cm³/mol. The van der Waals surface area contributed by atoms with Crippen LogP contribution in [-0.4, -0.2) is 41.0 Å². The molecule has 3 N–H and O–H groups in total. The average Bonchev–Trinajstić information content (AvgIpc) is 3.61. The summed E-state index contributed by atoms with van der Waals surface area (Å²) in [5.74, 6) is -2.21. The molecule has 2 fully saturated rings. The number of anilines is 1. The van der Waals surface area contributed by atoms with Crippen LogP contribution in [-0.2, 0) is 11.4 Å². The number of pyridine rings is 1. The van der Waals surface area contributed by atoms with E-state index in [9.17, 15) is 14.7 Å². The minimum absolute atomic E-state index is 0.0193. The van der Waals surface area contributed by atoms with Gasteiger partial charge in [-0.1, -0.05) is 47.1 Å². The number of nitrogens with zero attached hydrogens (tertiary/aromatic N) is 3. The van der Waals surface area contributed by atoms with Crippen molar-refractivity contribution < 1.29 is 19.1 Å². The number of hydrogen-bond acceptors (Lipinski definition) is 6. The standard InChI is InChI=1S/C25H24ClFN4O4/c26-21-22-17(24(32)18(25(33)34)11-31(22)16-6-7-16)8-19(27)23(21)30-10-15(9-28)20(12-30)29-35-13-14-4-2-1-3-5-14/h1-5,8,11,15-16H,6-7,9-10,12-13,28H2,(H,33,34). The molecule has 182 valence electrons. The van der Waals surface area contributed by atoms with Crippen LogP contribution in [0.2, 0.25) is 5.02 Å². The fraction of sp³-hybridized carbons (Fsp3) is 0.320. The normalized spacial score (nSPS) is 19.0. The number of hydrogen-bond donors (Lipinski definition) is 2. The minimum atomic E-state index is -1.35. The molecule has 1 atom stereocenters. The largest absolute Gasteiger partial charge is 0.477 e. The molecule has 3 aromatic rings. The van der Waals surface area contributed by atoms with Crippen molar-refractivity contribution >= 4 is 39.9 Å². The van der Waals surface area contributed by atoms with Crippen LogP contribution in [0.25, 0.3) is 10.9 Å². The van der Waals surface area contributed by atoms with E-state index in [0.29, 0.717) is 30.9 Å². The van der Waals surface area contributed by atoms with Gasteiger partial charge in [-0.2, -0.15) is 0 Å². The second-order valence-corrected chi connectivity index (χ2v) is 9.27. The van der Waals surface area contributed by atoms with Gasteiger partial charge in [0, 0.05) is 31.2 Å². The van der Waals surface area contributed by atoms with Crippen molar-refractivity contribution in [2.24, 2.45) is 16.8 Å². The number of aromatic carboxylic acids is 1. The first-order chi connectivity index (χ1) is 16.9. The van der Waals surface area contributed by atoms with Gasteiger partial charge in [0.15, 0.2) is 0 Å². The maximum absolute atomic E-state index is 15.4. The smallest absolute Gasteiger partial charge is 0.341 e. The highest BCUT2D eigenvalue weighted by Gasteiger charge is 2.34. The van der Waals surface area contributed by atoms with Crippen LogP contribution in [0.3, 0.4) is 0 Å². The predicted octanol–water partition coefficient (Wildman–Crippen LogP) is 3.79. The van der Waals surface area contributed by atoms with E-state index in [4.69, 9.17) is 22.2 Å². The van der Waals surface area contributed by atoms with Crippen molar-refractivity contribution in [3.05, 3.63) is 74.8 Å².